The minimum absolute atomic E-state index is 0.120. The van der Waals surface area contributed by atoms with Gasteiger partial charge < -0.3 is 10.2 Å². The standard InChI is InChI=1S/C32H39N3O4S/c1-2-21-33-32(37)30(24-27-11-5-3-6-12-27)35(25-28-13-7-4-8-14-28)31(36)20-17-26-15-18-29(19-16-26)40(38,39)34-22-9-10-23-34/h3-8,11-16,18-19,30H,2,9-10,17,20-25H2,1H3,(H,33,37). The van der Waals surface area contributed by atoms with Crippen molar-refractivity contribution in [1.29, 1.82) is 0 Å². The third kappa shape index (κ3) is 7.79. The van der Waals surface area contributed by atoms with Crippen LogP contribution in [0.3, 0.4) is 0 Å². The molecule has 1 heterocycles. The van der Waals surface area contributed by atoms with Crippen molar-refractivity contribution >= 4 is 21.8 Å². The zero-order valence-corrected chi connectivity index (χ0v) is 24.0. The van der Waals surface area contributed by atoms with E-state index in [4.69, 9.17) is 0 Å². The normalized spacial score (nSPS) is 14.5. The molecule has 212 valence electrons. The zero-order chi connectivity index (χ0) is 28.4. The second-order valence-electron chi connectivity index (χ2n) is 10.3. The highest BCUT2D eigenvalue weighted by Gasteiger charge is 2.30. The molecule has 3 aromatic rings. The Morgan fingerprint density at radius 1 is 0.850 bits per heavy atom. The average molecular weight is 562 g/mol. The Hall–Kier alpha value is -3.49. The molecule has 0 radical (unpaired) electrons. The fraction of sp³-hybridized carbons (Fsp3) is 0.375. The number of carbonyl (C=O) groups is 2. The van der Waals surface area contributed by atoms with Crippen molar-refractivity contribution in [2.24, 2.45) is 0 Å². The summed E-state index contributed by atoms with van der Waals surface area (Å²) in [5, 5.41) is 3.00. The Bertz CT molecular complexity index is 1340. The molecular formula is C32H39N3O4S. The minimum Gasteiger partial charge on any atom is -0.354 e. The van der Waals surface area contributed by atoms with Gasteiger partial charge in [0.05, 0.1) is 4.90 Å². The third-order valence-electron chi connectivity index (χ3n) is 7.27. The van der Waals surface area contributed by atoms with Gasteiger partial charge in [0, 0.05) is 39.0 Å². The van der Waals surface area contributed by atoms with Gasteiger partial charge >= 0.3 is 0 Å². The maximum absolute atomic E-state index is 13.8. The number of nitrogens with zero attached hydrogens (tertiary/aromatic N) is 2. The van der Waals surface area contributed by atoms with Crippen molar-refractivity contribution in [3.63, 3.8) is 0 Å². The molecule has 1 N–H and O–H groups in total. The molecular weight excluding hydrogens is 522 g/mol. The Morgan fingerprint density at radius 3 is 2.05 bits per heavy atom. The van der Waals surface area contributed by atoms with Crippen LogP contribution < -0.4 is 5.32 Å². The minimum atomic E-state index is -3.48. The van der Waals surface area contributed by atoms with Crippen LogP contribution in [-0.2, 0) is 39.0 Å². The first-order valence-electron chi connectivity index (χ1n) is 14.1. The van der Waals surface area contributed by atoms with E-state index in [0.717, 1.165) is 36.0 Å². The highest BCUT2D eigenvalue weighted by Crippen LogP contribution is 2.22. The number of aryl methyl sites for hydroxylation is 1. The Kier molecular flexibility index (Phi) is 10.5. The van der Waals surface area contributed by atoms with E-state index in [2.05, 4.69) is 5.32 Å². The van der Waals surface area contributed by atoms with Crippen LogP contribution in [0.2, 0.25) is 0 Å². The lowest BCUT2D eigenvalue weighted by Crippen LogP contribution is -2.50. The van der Waals surface area contributed by atoms with E-state index in [1.165, 1.54) is 4.31 Å². The highest BCUT2D eigenvalue weighted by molar-refractivity contribution is 7.89. The van der Waals surface area contributed by atoms with E-state index in [1.807, 2.05) is 67.6 Å². The van der Waals surface area contributed by atoms with Gasteiger partial charge in [-0.25, -0.2) is 8.42 Å². The van der Waals surface area contributed by atoms with Crippen molar-refractivity contribution in [3.8, 4) is 0 Å². The molecule has 0 aromatic heterocycles. The lowest BCUT2D eigenvalue weighted by atomic mass is 10.0. The van der Waals surface area contributed by atoms with Gasteiger partial charge in [-0.05, 0) is 54.5 Å². The number of benzene rings is 3. The largest absolute Gasteiger partial charge is 0.354 e. The van der Waals surface area contributed by atoms with E-state index in [0.29, 0.717) is 39.0 Å². The number of hydrogen-bond donors (Lipinski definition) is 1. The van der Waals surface area contributed by atoms with Gasteiger partial charge in [-0.3, -0.25) is 9.59 Å². The first-order chi connectivity index (χ1) is 19.4. The summed E-state index contributed by atoms with van der Waals surface area (Å²) in [4.78, 5) is 29.1. The van der Waals surface area contributed by atoms with Crippen LogP contribution in [-0.4, -0.2) is 55.1 Å². The molecule has 40 heavy (non-hydrogen) atoms. The van der Waals surface area contributed by atoms with Gasteiger partial charge in [0.2, 0.25) is 21.8 Å². The van der Waals surface area contributed by atoms with Crippen LogP contribution in [0, 0.1) is 0 Å². The third-order valence-corrected chi connectivity index (χ3v) is 9.18. The summed E-state index contributed by atoms with van der Waals surface area (Å²) in [7, 11) is -3.48. The summed E-state index contributed by atoms with van der Waals surface area (Å²) in [6, 6.07) is 25.6. The summed E-state index contributed by atoms with van der Waals surface area (Å²) >= 11 is 0. The quantitative estimate of drug-likeness (QED) is 0.331. The molecule has 1 aliphatic heterocycles. The van der Waals surface area contributed by atoms with Crippen molar-refractivity contribution < 1.29 is 18.0 Å². The van der Waals surface area contributed by atoms with Crippen LogP contribution in [0.4, 0.5) is 0 Å². The van der Waals surface area contributed by atoms with Crippen molar-refractivity contribution in [2.75, 3.05) is 19.6 Å². The molecule has 0 aliphatic carbocycles. The summed E-state index contributed by atoms with van der Waals surface area (Å²) in [6.45, 7) is 3.99. The van der Waals surface area contributed by atoms with E-state index in [-0.39, 0.29) is 23.1 Å². The van der Waals surface area contributed by atoms with E-state index >= 15 is 0 Å². The SMILES string of the molecule is CCCNC(=O)C(Cc1ccccc1)N(Cc1ccccc1)C(=O)CCc1ccc(S(=O)(=O)N2CCCC2)cc1. The topological polar surface area (TPSA) is 86.8 Å². The first kappa shape index (κ1) is 29.5. The monoisotopic (exact) mass is 561 g/mol. The van der Waals surface area contributed by atoms with Crippen LogP contribution >= 0.6 is 0 Å². The van der Waals surface area contributed by atoms with Crippen LogP contribution in [0.25, 0.3) is 0 Å². The fourth-order valence-corrected chi connectivity index (χ4v) is 6.52. The molecule has 0 spiro atoms. The molecule has 4 rings (SSSR count). The van der Waals surface area contributed by atoms with Crippen molar-refractivity contribution in [1.82, 2.24) is 14.5 Å². The lowest BCUT2D eigenvalue weighted by molar-refractivity contribution is -0.141. The molecule has 1 unspecified atom stereocenters. The molecule has 1 fully saturated rings. The number of sulfonamides is 1. The van der Waals surface area contributed by atoms with Gasteiger partial charge in [0.15, 0.2) is 0 Å². The molecule has 3 aromatic carbocycles. The van der Waals surface area contributed by atoms with Crippen LogP contribution in [0.1, 0.15) is 49.3 Å². The summed E-state index contributed by atoms with van der Waals surface area (Å²) in [5.41, 5.74) is 2.82. The van der Waals surface area contributed by atoms with Crippen molar-refractivity contribution in [3.05, 3.63) is 102 Å². The molecule has 1 atom stereocenters. The van der Waals surface area contributed by atoms with E-state index < -0.39 is 16.1 Å². The highest BCUT2D eigenvalue weighted by atomic mass is 32.2. The molecule has 1 aliphatic rings. The van der Waals surface area contributed by atoms with Crippen LogP contribution in [0.5, 0.6) is 0 Å². The second kappa shape index (κ2) is 14.2. The smallest absolute Gasteiger partial charge is 0.243 e. The zero-order valence-electron chi connectivity index (χ0n) is 23.2. The molecule has 0 saturated carbocycles. The van der Waals surface area contributed by atoms with Gasteiger partial charge in [-0.1, -0.05) is 79.7 Å². The van der Waals surface area contributed by atoms with Gasteiger partial charge in [-0.2, -0.15) is 4.31 Å². The van der Waals surface area contributed by atoms with Crippen LogP contribution in [0.15, 0.2) is 89.8 Å². The molecule has 0 bridgehead atoms. The predicted molar refractivity (Wildman–Crippen MR) is 157 cm³/mol. The summed E-state index contributed by atoms with van der Waals surface area (Å²) in [6.07, 6.45) is 3.65. The number of carbonyl (C=O) groups excluding carboxylic acids is 2. The second-order valence-corrected chi connectivity index (χ2v) is 12.2. The number of amides is 2. The predicted octanol–water partition coefficient (Wildman–Crippen LogP) is 4.57. The number of rotatable bonds is 13. The van der Waals surface area contributed by atoms with Crippen molar-refractivity contribution in [2.45, 2.75) is 62.9 Å². The summed E-state index contributed by atoms with van der Waals surface area (Å²) in [5.74, 6) is -0.281. The van der Waals surface area contributed by atoms with E-state index in [1.54, 1.807) is 29.2 Å². The fourth-order valence-electron chi connectivity index (χ4n) is 5.00. The van der Waals surface area contributed by atoms with E-state index in [9.17, 15) is 18.0 Å². The average Bonchev–Trinajstić information content (AvgIpc) is 3.54. The maximum Gasteiger partial charge on any atom is 0.243 e. The Labute approximate surface area is 238 Å². The van der Waals surface area contributed by atoms with Gasteiger partial charge in [-0.15, -0.1) is 0 Å². The molecule has 2 amide bonds. The molecule has 8 heteroatoms. The maximum atomic E-state index is 13.8. The Balaban J connectivity index is 1.52. The number of nitrogens with one attached hydrogen (secondary N) is 1. The lowest BCUT2D eigenvalue weighted by Gasteiger charge is -2.31. The first-order valence-corrected chi connectivity index (χ1v) is 15.6. The molecule has 7 nitrogen and oxygen atoms in total. The van der Waals surface area contributed by atoms with Gasteiger partial charge in [0.25, 0.3) is 0 Å². The summed E-state index contributed by atoms with van der Waals surface area (Å²) < 4.78 is 27.3. The number of hydrogen-bond acceptors (Lipinski definition) is 4. The van der Waals surface area contributed by atoms with Gasteiger partial charge in [0.1, 0.15) is 6.04 Å². The Morgan fingerprint density at radius 2 is 1.45 bits per heavy atom. The molecule has 1 saturated heterocycles.